The Kier molecular flexibility index (Phi) is 5.33. The van der Waals surface area contributed by atoms with Crippen molar-refractivity contribution in [2.45, 2.75) is 20.3 Å². The van der Waals surface area contributed by atoms with Gasteiger partial charge >= 0.3 is 0 Å². The Morgan fingerprint density at radius 1 is 1.29 bits per heavy atom. The summed E-state index contributed by atoms with van der Waals surface area (Å²) in [7, 11) is 0. The quantitative estimate of drug-likeness (QED) is 0.892. The standard InChI is InChI=1S/C16H17BrN2O2/c1-11-3-5-14(12(2)9-11)21-8-7-16(20)19-15-6-4-13(17)10-18-15/h3-6,9-10H,7-8H2,1-2H3,(H,18,19,20). The highest BCUT2D eigenvalue weighted by Crippen LogP contribution is 2.18. The summed E-state index contributed by atoms with van der Waals surface area (Å²) in [4.78, 5) is 15.9. The predicted molar refractivity (Wildman–Crippen MR) is 86.6 cm³/mol. The summed E-state index contributed by atoms with van der Waals surface area (Å²) < 4.78 is 6.50. The molecule has 2 rings (SSSR count). The number of pyridine rings is 1. The molecule has 0 radical (unpaired) electrons. The largest absolute Gasteiger partial charge is 0.493 e. The van der Waals surface area contributed by atoms with Gasteiger partial charge in [-0.05, 0) is 53.5 Å². The molecule has 21 heavy (non-hydrogen) atoms. The van der Waals surface area contributed by atoms with Crippen LogP contribution in [-0.2, 0) is 4.79 Å². The fourth-order valence-electron chi connectivity index (χ4n) is 1.87. The first-order valence-electron chi connectivity index (χ1n) is 6.66. The third-order valence-corrected chi connectivity index (χ3v) is 3.38. The van der Waals surface area contributed by atoms with Crippen LogP contribution in [0.2, 0.25) is 0 Å². The van der Waals surface area contributed by atoms with Crippen molar-refractivity contribution in [2.75, 3.05) is 11.9 Å². The number of ether oxygens (including phenoxy) is 1. The molecule has 0 saturated heterocycles. The van der Waals surface area contributed by atoms with Crippen LogP contribution in [-0.4, -0.2) is 17.5 Å². The minimum absolute atomic E-state index is 0.116. The number of aromatic nitrogens is 1. The maximum Gasteiger partial charge on any atom is 0.228 e. The van der Waals surface area contributed by atoms with Crippen LogP contribution in [0.3, 0.4) is 0 Å². The zero-order valence-electron chi connectivity index (χ0n) is 12.0. The van der Waals surface area contributed by atoms with E-state index >= 15 is 0 Å². The number of aryl methyl sites for hydroxylation is 2. The zero-order chi connectivity index (χ0) is 15.2. The Bertz CT molecular complexity index is 627. The van der Waals surface area contributed by atoms with Gasteiger partial charge in [-0.2, -0.15) is 0 Å². The monoisotopic (exact) mass is 348 g/mol. The van der Waals surface area contributed by atoms with Crippen LogP contribution < -0.4 is 10.1 Å². The van der Waals surface area contributed by atoms with Gasteiger partial charge in [-0.3, -0.25) is 4.79 Å². The van der Waals surface area contributed by atoms with E-state index in [2.05, 4.69) is 32.3 Å². The molecule has 0 aliphatic carbocycles. The second-order valence-corrected chi connectivity index (χ2v) is 5.69. The van der Waals surface area contributed by atoms with Crippen molar-refractivity contribution in [3.8, 4) is 5.75 Å². The highest BCUT2D eigenvalue weighted by Gasteiger charge is 2.05. The van der Waals surface area contributed by atoms with Crippen LogP contribution in [0.5, 0.6) is 5.75 Å². The number of nitrogens with one attached hydrogen (secondary N) is 1. The molecule has 0 saturated carbocycles. The maximum atomic E-state index is 11.8. The molecular weight excluding hydrogens is 332 g/mol. The van der Waals surface area contributed by atoms with E-state index < -0.39 is 0 Å². The number of hydrogen-bond donors (Lipinski definition) is 1. The summed E-state index contributed by atoms with van der Waals surface area (Å²) in [6.45, 7) is 4.37. The van der Waals surface area contributed by atoms with Crippen molar-refractivity contribution in [1.29, 1.82) is 0 Å². The highest BCUT2D eigenvalue weighted by atomic mass is 79.9. The normalized spacial score (nSPS) is 10.2. The summed E-state index contributed by atoms with van der Waals surface area (Å²) in [5, 5.41) is 2.73. The molecule has 4 nitrogen and oxygen atoms in total. The minimum atomic E-state index is -0.116. The molecule has 110 valence electrons. The van der Waals surface area contributed by atoms with Gasteiger partial charge in [-0.15, -0.1) is 0 Å². The molecule has 1 aromatic carbocycles. The lowest BCUT2D eigenvalue weighted by Gasteiger charge is -2.09. The van der Waals surface area contributed by atoms with Gasteiger partial charge in [0.05, 0.1) is 13.0 Å². The first-order valence-corrected chi connectivity index (χ1v) is 7.45. The molecule has 0 unspecified atom stereocenters. The second-order valence-electron chi connectivity index (χ2n) is 4.78. The van der Waals surface area contributed by atoms with Crippen LogP contribution in [0, 0.1) is 13.8 Å². The Hall–Kier alpha value is -1.88. The van der Waals surface area contributed by atoms with Crippen molar-refractivity contribution in [1.82, 2.24) is 4.98 Å². The van der Waals surface area contributed by atoms with Crippen molar-refractivity contribution in [2.24, 2.45) is 0 Å². The van der Waals surface area contributed by atoms with Crippen LogP contribution in [0.4, 0.5) is 5.82 Å². The fraction of sp³-hybridized carbons (Fsp3) is 0.250. The Labute approximate surface area is 132 Å². The molecule has 1 aromatic heterocycles. The number of benzene rings is 1. The van der Waals surface area contributed by atoms with Gasteiger partial charge in [0.1, 0.15) is 11.6 Å². The van der Waals surface area contributed by atoms with E-state index in [1.54, 1.807) is 12.3 Å². The number of carbonyl (C=O) groups is 1. The first kappa shape index (κ1) is 15.5. The van der Waals surface area contributed by atoms with E-state index in [4.69, 9.17) is 4.74 Å². The average Bonchev–Trinajstić information content (AvgIpc) is 2.44. The summed E-state index contributed by atoms with van der Waals surface area (Å²) >= 11 is 3.30. The molecule has 0 fully saturated rings. The van der Waals surface area contributed by atoms with Gasteiger partial charge in [-0.25, -0.2) is 4.98 Å². The molecule has 1 amide bonds. The summed E-state index contributed by atoms with van der Waals surface area (Å²) in [6, 6.07) is 9.55. The minimum Gasteiger partial charge on any atom is -0.493 e. The lowest BCUT2D eigenvalue weighted by Crippen LogP contribution is -2.16. The zero-order valence-corrected chi connectivity index (χ0v) is 13.6. The SMILES string of the molecule is Cc1ccc(OCCC(=O)Nc2ccc(Br)cn2)c(C)c1. The van der Waals surface area contributed by atoms with E-state index in [1.165, 1.54) is 5.56 Å². The van der Waals surface area contributed by atoms with Crippen LogP contribution in [0.25, 0.3) is 0 Å². The van der Waals surface area contributed by atoms with E-state index in [-0.39, 0.29) is 12.3 Å². The Morgan fingerprint density at radius 3 is 2.76 bits per heavy atom. The van der Waals surface area contributed by atoms with Crippen molar-refractivity contribution in [3.05, 3.63) is 52.1 Å². The topological polar surface area (TPSA) is 51.2 Å². The second kappa shape index (κ2) is 7.22. The van der Waals surface area contributed by atoms with Crippen molar-refractivity contribution < 1.29 is 9.53 Å². The molecule has 0 spiro atoms. The van der Waals surface area contributed by atoms with Crippen LogP contribution >= 0.6 is 15.9 Å². The molecule has 0 aliphatic heterocycles. The Morgan fingerprint density at radius 2 is 2.10 bits per heavy atom. The lowest BCUT2D eigenvalue weighted by atomic mass is 10.1. The van der Waals surface area contributed by atoms with Crippen molar-refractivity contribution >= 4 is 27.7 Å². The molecule has 2 aromatic rings. The number of hydrogen-bond acceptors (Lipinski definition) is 3. The lowest BCUT2D eigenvalue weighted by molar-refractivity contribution is -0.116. The summed E-state index contributed by atoms with van der Waals surface area (Å²) in [5.74, 6) is 1.24. The summed E-state index contributed by atoms with van der Waals surface area (Å²) in [6.07, 6.45) is 1.92. The molecule has 0 aliphatic rings. The van der Waals surface area contributed by atoms with Crippen LogP contribution in [0.1, 0.15) is 17.5 Å². The van der Waals surface area contributed by atoms with Gasteiger partial charge < -0.3 is 10.1 Å². The van der Waals surface area contributed by atoms with Gasteiger partial charge in [0.15, 0.2) is 0 Å². The number of rotatable bonds is 5. The number of halogens is 1. The van der Waals surface area contributed by atoms with E-state index in [9.17, 15) is 4.79 Å². The molecule has 0 atom stereocenters. The van der Waals surface area contributed by atoms with Gasteiger partial charge in [0.25, 0.3) is 0 Å². The number of anilines is 1. The van der Waals surface area contributed by atoms with Crippen molar-refractivity contribution in [3.63, 3.8) is 0 Å². The molecule has 5 heteroatoms. The Balaban J connectivity index is 1.80. The van der Waals surface area contributed by atoms with Crippen LogP contribution in [0.15, 0.2) is 41.0 Å². The smallest absolute Gasteiger partial charge is 0.228 e. The van der Waals surface area contributed by atoms with Gasteiger partial charge in [-0.1, -0.05) is 17.7 Å². The summed E-state index contributed by atoms with van der Waals surface area (Å²) in [5.41, 5.74) is 2.27. The predicted octanol–water partition coefficient (Wildman–Crippen LogP) is 3.87. The van der Waals surface area contributed by atoms with Gasteiger partial charge in [0, 0.05) is 10.7 Å². The number of carbonyl (C=O) groups excluding carboxylic acids is 1. The molecule has 1 N–H and O–H groups in total. The molecule has 0 bridgehead atoms. The molecular formula is C16H17BrN2O2. The molecule has 1 heterocycles. The van der Waals surface area contributed by atoms with E-state index in [1.807, 2.05) is 32.0 Å². The van der Waals surface area contributed by atoms with E-state index in [0.29, 0.717) is 12.4 Å². The van der Waals surface area contributed by atoms with Gasteiger partial charge in [0.2, 0.25) is 5.91 Å². The highest BCUT2D eigenvalue weighted by molar-refractivity contribution is 9.10. The maximum absolute atomic E-state index is 11.8. The number of nitrogens with zero attached hydrogens (tertiary/aromatic N) is 1. The first-order chi connectivity index (χ1) is 10.0. The number of amides is 1. The third kappa shape index (κ3) is 4.86. The van der Waals surface area contributed by atoms with E-state index in [0.717, 1.165) is 15.8 Å². The average molecular weight is 349 g/mol. The third-order valence-electron chi connectivity index (χ3n) is 2.91. The fourth-order valence-corrected chi connectivity index (χ4v) is 2.10.